The first-order valence-electron chi connectivity index (χ1n) is 5.63. The Hall–Kier alpha value is -2.10. The molecule has 0 aliphatic rings. The number of halogens is 1. The van der Waals surface area contributed by atoms with Crippen LogP contribution in [0.3, 0.4) is 0 Å². The maximum Gasteiger partial charge on any atom is 0.204 e. The number of carbonyl (C=O) groups is 1. The third kappa shape index (κ3) is 2.77. The van der Waals surface area contributed by atoms with Crippen LogP contribution in [0.1, 0.15) is 27.3 Å². The van der Waals surface area contributed by atoms with Crippen LogP contribution in [0.4, 0.5) is 4.39 Å². The Morgan fingerprint density at radius 3 is 2.56 bits per heavy atom. The minimum atomic E-state index is -0.340. The quantitative estimate of drug-likeness (QED) is 0.779. The van der Waals surface area contributed by atoms with Gasteiger partial charge in [-0.05, 0) is 42.7 Å². The van der Waals surface area contributed by atoms with Crippen LogP contribution < -0.4 is 0 Å². The highest BCUT2D eigenvalue weighted by Gasteiger charge is 2.12. The predicted molar refractivity (Wildman–Crippen MR) is 65.9 cm³/mol. The smallest absolute Gasteiger partial charge is 0.204 e. The van der Waals surface area contributed by atoms with E-state index in [1.54, 1.807) is 18.5 Å². The van der Waals surface area contributed by atoms with Crippen molar-refractivity contribution in [3.8, 4) is 0 Å². The molecule has 0 bridgehead atoms. The molecule has 3 nitrogen and oxygen atoms in total. The largest absolute Gasteiger partial charge is 0.290 e. The van der Waals surface area contributed by atoms with E-state index in [0.717, 1.165) is 11.1 Å². The van der Waals surface area contributed by atoms with Crippen molar-refractivity contribution in [1.82, 2.24) is 9.97 Å². The number of benzene rings is 1. The Bertz CT molecular complexity index is 579. The van der Waals surface area contributed by atoms with Crippen LogP contribution >= 0.6 is 0 Å². The standard InChI is InChI=1S/C14H13FN2O/c1-9-7-16-14(17-8-9)13(18)6-11-5-12(15)4-3-10(11)2/h3-5,7-8H,6H2,1-2H3. The SMILES string of the molecule is Cc1cnc(C(=O)Cc2cc(F)ccc2C)nc1. The Labute approximate surface area is 105 Å². The molecule has 0 saturated carbocycles. The summed E-state index contributed by atoms with van der Waals surface area (Å²) in [4.78, 5) is 19.9. The molecule has 2 rings (SSSR count). The van der Waals surface area contributed by atoms with Crippen LogP contribution in [0.25, 0.3) is 0 Å². The minimum Gasteiger partial charge on any atom is -0.290 e. The monoisotopic (exact) mass is 244 g/mol. The summed E-state index contributed by atoms with van der Waals surface area (Å²) < 4.78 is 13.1. The van der Waals surface area contributed by atoms with Crippen molar-refractivity contribution in [2.24, 2.45) is 0 Å². The molecule has 92 valence electrons. The van der Waals surface area contributed by atoms with Crippen molar-refractivity contribution in [2.75, 3.05) is 0 Å². The second-order valence-corrected chi connectivity index (χ2v) is 4.25. The second kappa shape index (κ2) is 5.04. The van der Waals surface area contributed by atoms with Gasteiger partial charge in [0.15, 0.2) is 5.82 Å². The van der Waals surface area contributed by atoms with Gasteiger partial charge in [-0.15, -0.1) is 0 Å². The van der Waals surface area contributed by atoms with Crippen molar-refractivity contribution in [3.05, 3.63) is 58.9 Å². The van der Waals surface area contributed by atoms with E-state index >= 15 is 0 Å². The van der Waals surface area contributed by atoms with E-state index in [4.69, 9.17) is 0 Å². The zero-order valence-corrected chi connectivity index (χ0v) is 10.3. The van der Waals surface area contributed by atoms with Gasteiger partial charge in [0.05, 0.1) is 0 Å². The maximum absolute atomic E-state index is 13.1. The highest BCUT2D eigenvalue weighted by Crippen LogP contribution is 2.12. The van der Waals surface area contributed by atoms with E-state index in [2.05, 4.69) is 9.97 Å². The van der Waals surface area contributed by atoms with E-state index < -0.39 is 0 Å². The topological polar surface area (TPSA) is 42.9 Å². The summed E-state index contributed by atoms with van der Waals surface area (Å²) in [5, 5.41) is 0. The van der Waals surface area contributed by atoms with Crippen LogP contribution in [0.2, 0.25) is 0 Å². The number of Topliss-reactive ketones (excluding diaryl/α,β-unsaturated/α-hetero) is 1. The molecular weight excluding hydrogens is 231 g/mol. The average molecular weight is 244 g/mol. The number of ketones is 1. The number of aromatic nitrogens is 2. The fraction of sp³-hybridized carbons (Fsp3) is 0.214. The molecule has 0 fully saturated rings. The fourth-order valence-corrected chi connectivity index (χ4v) is 1.62. The molecule has 0 aliphatic heterocycles. The molecule has 1 aromatic heterocycles. The van der Waals surface area contributed by atoms with E-state index in [1.807, 2.05) is 13.8 Å². The minimum absolute atomic E-state index is 0.118. The summed E-state index contributed by atoms with van der Waals surface area (Å²) in [7, 11) is 0. The summed E-state index contributed by atoms with van der Waals surface area (Å²) in [6, 6.07) is 4.42. The van der Waals surface area contributed by atoms with Gasteiger partial charge in [0.1, 0.15) is 5.82 Å². The molecule has 2 aromatic rings. The first-order chi connectivity index (χ1) is 8.56. The molecular formula is C14H13FN2O. The number of hydrogen-bond donors (Lipinski definition) is 0. The van der Waals surface area contributed by atoms with Crippen molar-refractivity contribution < 1.29 is 9.18 Å². The number of aryl methyl sites for hydroxylation is 2. The lowest BCUT2D eigenvalue weighted by molar-refractivity contribution is 0.0982. The predicted octanol–water partition coefficient (Wildman–Crippen LogP) is 2.66. The normalized spacial score (nSPS) is 10.4. The van der Waals surface area contributed by atoms with Gasteiger partial charge in [-0.2, -0.15) is 0 Å². The van der Waals surface area contributed by atoms with Gasteiger partial charge in [-0.1, -0.05) is 6.07 Å². The Balaban J connectivity index is 2.21. The molecule has 4 heteroatoms. The van der Waals surface area contributed by atoms with Crippen LogP contribution in [-0.4, -0.2) is 15.8 Å². The lowest BCUT2D eigenvalue weighted by atomic mass is 10.0. The highest BCUT2D eigenvalue weighted by molar-refractivity contribution is 5.94. The summed E-state index contributed by atoms with van der Waals surface area (Å²) in [5.41, 5.74) is 2.45. The molecule has 1 aromatic carbocycles. The third-order valence-electron chi connectivity index (χ3n) is 2.69. The van der Waals surface area contributed by atoms with E-state index in [0.29, 0.717) is 5.56 Å². The zero-order chi connectivity index (χ0) is 13.1. The van der Waals surface area contributed by atoms with Gasteiger partial charge in [0.2, 0.25) is 5.78 Å². The van der Waals surface area contributed by atoms with Gasteiger partial charge in [0, 0.05) is 18.8 Å². The Kier molecular flexibility index (Phi) is 3.46. The molecule has 1 heterocycles. The van der Waals surface area contributed by atoms with Gasteiger partial charge in [-0.3, -0.25) is 4.79 Å². The second-order valence-electron chi connectivity index (χ2n) is 4.25. The van der Waals surface area contributed by atoms with Crippen LogP contribution in [0.5, 0.6) is 0 Å². The van der Waals surface area contributed by atoms with Crippen molar-refractivity contribution in [2.45, 2.75) is 20.3 Å². The third-order valence-corrected chi connectivity index (χ3v) is 2.69. The summed E-state index contributed by atoms with van der Waals surface area (Å²) in [5.74, 6) is -0.374. The van der Waals surface area contributed by atoms with Crippen molar-refractivity contribution in [1.29, 1.82) is 0 Å². The summed E-state index contributed by atoms with van der Waals surface area (Å²) in [6.45, 7) is 3.70. The summed E-state index contributed by atoms with van der Waals surface area (Å²) >= 11 is 0. The van der Waals surface area contributed by atoms with Gasteiger partial charge < -0.3 is 0 Å². The number of nitrogens with zero attached hydrogens (tertiary/aromatic N) is 2. The van der Waals surface area contributed by atoms with Gasteiger partial charge in [0.25, 0.3) is 0 Å². The molecule has 0 amide bonds. The molecule has 0 unspecified atom stereocenters. The molecule has 0 radical (unpaired) electrons. The van der Waals surface area contributed by atoms with Gasteiger partial charge >= 0.3 is 0 Å². The average Bonchev–Trinajstić information content (AvgIpc) is 2.34. The number of rotatable bonds is 3. The first kappa shape index (κ1) is 12.4. The molecule has 0 atom stereocenters. The lowest BCUT2D eigenvalue weighted by Crippen LogP contribution is -2.09. The number of hydrogen-bond acceptors (Lipinski definition) is 3. The Morgan fingerprint density at radius 2 is 1.89 bits per heavy atom. The molecule has 0 spiro atoms. The Morgan fingerprint density at radius 1 is 1.22 bits per heavy atom. The van der Waals surface area contributed by atoms with Crippen LogP contribution in [0, 0.1) is 19.7 Å². The van der Waals surface area contributed by atoms with Gasteiger partial charge in [-0.25, -0.2) is 14.4 Å². The van der Waals surface area contributed by atoms with Crippen LogP contribution in [-0.2, 0) is 6.42 Å². The molecule has 0 saturated heterocycles. The lowest BCUT2D eigenvalue weighted by Gasteiger charge is -2.04. The van der Waals surface area contributed by atoms with E-state index in [-0.39, 0.29) is 23.8 Å². The van der Waals surface area contributed by atoms with Crippen molar-refractivity contribution in [3.63, 3.8) is 0 Å². The molecule has 18 heavy (non-hydrogen) atoms. The van der Waals surface area contributed by atoms with Crippen LogP contribution in [0.15, 0.2) is 30.6 Å². The maximum atomic E-state index is 13.1. The molecule has 0 aliphatic carbocycles. The van der Waals surface area contributed by atoms with E-state index in [1.165, 1.54) is 12.1 Å². The van der Waals surface area contributed by atoms with E-state index in [9.17, 15) is 9.18 Å². The van der Waals surface area contributed by atoms with Crippen molar-refractivity contribution >= 4 is 5.78 Å². The number of carbonyl (C=O) groups excluding carboxylic acids is 1. The highest BCUT2D eigenvalue weighted by atomic mass is 19.1. The first-order valence-corrected chi connectivity index (χ1v) is 5.63. The molecule has 0 N–H and O–H groups in total. The zero-order valence-electron chi connectivity index (χ0n) is 10.3. The summed E-state index contributed by atoms with van der Waals surface area (Å²) in [6.07, 6.45) is 3.31. The fourth-order valence-electron chi connectivity index (χ4n) is 1.62.